The van der Waals surface area contributed by atoms with E-state index >= 15 is 0 Å². The van der Waals surface area contributed by atoms with Gasteiger partial charge in [0, 0.05) is 19.6 Å². The minimum atomic E-state index is -1.16. The van der Waals surface area contributed by atoms with Gasteiger partial charge in [-0.1, -0.05) is 23.7 Å². The number of nitrogens with two attached hydrogens (primary N) is 3. The molecule has 0 aliphatic rings. The molecule has 1 aromatic heterocycles. The summed E-state index contributed by atoms with van der Waals surface area (Å²) < 4.78 is 5.63. The molecule has 11 N–H and O–H groups in total. The van der Waals surface area contributed by atoms with Gasteiger partial charge < -0.3 is 42.6 Å². The van der Waals surface area contributed by atoms with E-state index in [1.165, 1.54) is 0 Å². The SMILES string of the molecule is NC(=NCCCCc1ccc(OCCNC[C@H](O)[C@H](O)CO)cc1)NC(=O)c1nc(Cl)c(N)nc1N.S. The number of nitrogens with zero attached hydrogens (tertiary/aromatic N) is 3. The number of rotatable bonds is 14. The fraction of sp³-hybridized carbons (Fsp3) is 0.455. The molecular weight excluding hydrogens is 524 g/mol. The van der Waals surface area contributed by atoms with Gasteiger partial charge in [0.1, 0.15) is 18.5 Å². The van der Waals surface area contributed by atoms with Crippen LogP contribution in [0.15, 0.2) is 29.3 Å². The molecule has 0 radical (unpaired) electrons. The minimum absolute atomic E-state index is 0. The second-order valence-electron chi connectivity index (χ2n) is 7.83. The fourth-order valence-electron chi connectivity index (χ4n) is 2.97. The molecule has 1 amide bonds. The van der Waals surface area contributed by atoms with Gasteiger partial charge in [0.15, 0.2) is 28.4 Å². The lowest BCUT2D eigenvalue weighted by molar-refractivity contribution is -0.0130. The average molecular weight is 559 g/mol. The number of hydrogen-bond acceptors (Lipinski definition) is 11. The number of ether oxygens (including phenoxy) is 1. The Balaban J connectivity index is 0.00000684. The Hall–Kier alpha value is -2.88. The Morgan fingerprint density at radius 2 is 1.81 bits per heavy atom. The summed E-state index contributed by atoms with van der Waals surface area (Å²) >= 11 is 5.77. The third-order valence-corrected chi connectivity index (χ3v) is 5.25. The van der Waals surface area contributed by atoms with Crippen molar-refractivity contribution >= 4 is 48.6 Å². The van der Waals surface area contributed by atoms with Crippen LogP contribution in [-0.4, -0.2) is 82.2 Å². The van der Waals surface area contributed by atoms with Crippen molar-refractivity contribution in [1.82, 2.24) is 20.6 Å². The molecule has 2 atom stereocenters. The van der Waals surface area contributed by atoms with Gasteiger partial charge in [0.25, 0.3) is 5.91 Å². The monoisotopic (exact) mass is 558 g/mol. The number of nitrogens with one attached hydrogen (secondary N) is 2. The molecule has 2 aromatic rings. The van der Waals surface area contributed by atoms with Gasteiger partial charge in [-0.15, -0.1) is 0 Å². The van der Waals surface area contributed by atoms with Crippen LogP contribution in [0.2, 0.25) is 5.15 Å². The van der Waals surface area contributed by atoms with E-state index in [4.69, 9.17) is 38.6 Å². The summed E-state index contributed by atoms with van der Waals surface area (Å²) in [5, 5.41) is 32.8. The van der Waals surface area contributed by atoms with Gasteiger partial charge in [0.2, 0.25) is 0 Å². The lowest BCUT2D eigenvalue weighted by atomic mass is 10.1. The zero-order valence-electron chi connectivity index (χ0n) is 20.2. The molecule has 1 heterocycles. The maximum absolute atomic E-state index is 12.2. The molecule has 0 saturated carbocycles. The summed E-state index contributed by atoms with van der Waals surface area (Å²) in [6, 6.07) is 7.71. The summed E-state index contributed by atoms with van der Waals surface area (Å²) in [5.41, 5.74) is 17.8. The number of carbonyl (C=O) groups excluding carboxylic acids is 1. The lowest BCUT2D eigenvalue weighted by Crippen LogP contribution is -2.39. The minimum Gasteiger partial charge on any atom is -0.492 e. The van der Waals surface area contributed by atoms with Gasteiger partial charge in [-0.3, -0.25) is 15.1 Å². The van der Waals surface area contributed by atoms with Crippen LogP contribution >= 0.6 is 25.1 Å². The Morgan fingerprint density at radius 1 is 1.11 bits per heavy atom. The smallest absolute Gasteiger partial charge is 0.280 e. The Labute approximate surface area is 226 Å². The van der Waals surface area contributed by atoms with Crippen LogP contribution in [-0.2, 0) is 6.42 Å². The number of aliphatic hydroxyl groups excluding tert-OH is 3. The molecule has 37 heavy (non-hydrogen) atoms. The zero-order chi connectivity index (χ0) is 26.5. The number of amides is 1. The van der Waals surface area contributed by atoms with Crippen molar-refractivity contribution in [3.05, 3.63) is 40.7 Å². The van der Waals surface area contributed by atoms with Crippen LogP contribution in [0.1, 0.15) is 28.9 Å². The Morgan fingerprint density at radius 3 is 2.49 bits per heavy atom. The lowest BCUT2D eigenvalue weighted by Gasteiger charge is -2.16. The molecule has 0 unspecified atom stereocenters. The first-order chi connectivity index (χ1) is 17.2. The van der Waals surface area contributed by atoms with Gasteiger partial charge >= 0.3 is 0 Å². The Bertz CT molecular complexity index is 1020. The van der Waals surface area contributed by atoms with E-state index < -0.39 is 24.7 Å². The molecule has 0 aliphatic heterocycles. The standard InChI is InChI=1S/C22H33ClN8O5.H2S/c23-18-20(25)30-19(24)17(29-18)21(35)31-22(26)28-8-2-1-3-13-4-6-14(7-5-13)36-10-9-27-11-15(33)16(34)12-32;/h4-7,15-16,27,32-34H,1-3,8-12H2,(H4,24,25,30)(H3,26,28,31,35);1H2/t15-,16+;/m0./s1. The molecule has 13 nitrogen and oxygen atoms in total. The third kappa shape index (κ3) is 11.4. The van der Waals surface area contributed by atoms with E-state index in [0.717, 1.165) is 30.6 Å². The van der Waals surface area contributed by atoms with Crippen molar-refractivity contribution in [1.29, 1.82) is 0 Å². The molecule has 0 saturated heterocycles. The van der Waals surface area contributed by atoms with E-state index in [9.17, 15) is 15.0 Å². The highest BCUT2D eigenvalue weighted by Crippen LogP contribution is 2.17. The van der Waals surface area contributed by atoms with E-state index in [2.05, 4.69) is 25.6 Å². The van der Waals surface area contributed by atoms with Gasteiger partial charge in [0.05, 0.1) is 12.7 Å². The third-order valence-electron chi connectivity index (χ3n) is 4.97. The number of guanidine groups is 1. The summed E-state index contributed by atoms with van der Waals surface area (Å²) in [6.45, 7) is 0.969. The number of hydrogen-bond donors (Lipinski definition) is 8. The molecule has 15 heteroatoms. The summed E-state index contributed by atoms with van der Waals surface area (Å²) in [7, 11) is 0. The number of unbranched alkanes of at least 4 members (excludes halogenated alkanes) is 1. The predicted octanol–water partition coefficient (Wildman–Crippen LogP) is -0.843. The summed E-state index contributed by atoms with van der Waals surface area (Å²) in [6.07, 6.45) is 0.269. The number of nitrogen functional groups attached to an aromatic ring is 2. The van der Waals surface area contributed by atoms with Crippen LogP contribution in [0.4, 0.5) is 11.6 Å². The van der Waals surface area contributed by atoms with Crippen LogP contribution in [0.5, 0.6) is 5.75 Å². The molecule has 206 valence electrons. The van der Waals surface area contributed by atoms with E-state index in [1.807, 2.05) is 24.3 Å². The van der Waals surface area contributed by atoms with Gasteiger partial charge in [-0.2, -0.15) is 13.5 Å². The van der Waals surface area contributed by atoms with Crippen LogP contribution in [0, 0.1) is 0 Å². The van der Waals surface area contributed by atoms with Gasteiger partial charge in [-0.05, 0) is 37.0 Å². The number of aliphatic hydroxyl groups is 3. The molecule has 0 aliphatic carbocycles. The van der Waals surface area contributed by atoms with Gasteiger partial charge in [-0.25, -0.2) is 9.97 Å². The highest BCUT2D eigenvalue weighted by atomic mass is 35.5. The van der Waals surface area contributed by atoms with Crippen molar-refractivity contribution in [2.24, 2.45) is 10.7 Å². The Kier molecular flexibility index (Phi) is 14.6. The normalized spacial score (nSPS) is 12.9. The van der Waals surface area contributed by atoms with Crippen LogP contribution in [0.25, 0.3) is 0 Å². The van der Waals surface area contributed by atoms with Crippen LogP contribution in [0.3, 0.4) is 0 Å². The first-order valence-electron chi connectivity index (χ1n) is 11.3. The number of aryl methyl sites for hydroxylation is 1. The first-order valence-corrected chi connectivity index (χ1v) is 11.7. The largest absolute Gasteiger partial charge is 0.492 e. The zero-order valence-corrected chi connectivity index (χ0v) is 22.0. The molecule has 0 spiro atoms. The molecule has 0 fully saturated rings. The number of halogens is 1. The molecule has 2 rings (SSSR count). The quantitative estimate of drug-likeness (QED) is 0.0809. The summed E-state index contributed by atoms with van der Waals surface area (Å²) in [5.74, 6) is -0.261. The molecule has 0 bridgehead atoms. The topological polar surface area (TPSA) is 227 Å². The van der Waals surface area contributed by atoms with E-state index in [0.29, 0.717) is 19.7 Å². The molecule has 1 aromatic carbocycles. The van der Waals surface area contributed by atoms with Crippen molar-refractivity contribution in [3.8, 4) is 5.75 Å². The van der Waals surface area contributed by atoms with Crippen molar-refractivity contribution in [2.75, 3.05) is 44.3 Å². The number of anilines is 2. The second-order valence-corrected chi connectivity index (χ2v) is 8.18. The fourth-order valence-corrected chi connectivity index (χ4v) is 3.09. The second kappa shape index (κ2) is 16.8. The number of carbonyl (C=O) groups is 1. The van der Waals surface area contributed by atoms with Crippen molar-refractivity contribution < 1.29 is 24.9 Å². The maximum Gasteiger partial charge on any atom is 0.280 e. The number of aromatic nitrogens is 2. The summed E-state index contributed by atoms with van der Waals surface area (Å²) in [4.78, 5) is 23.9. The highest BCUT2D eigenvalue weighted by molar-refractivity contribution is 7.59. The maximum atomic E-state index is 12.2. The first kappa shape index (κ1) is 32.1. The van der Waals surface area contributed by atoms with E-state index in [1.54, 1.807) is 0 Å². The highest BCUT2D eigenvalue weighted by Gasteiger charge is 2.16. The number of benzene rings is 1. The average Bonchev–Trinajstić information content (AvgIpc) is 2.85. The van der Waals surface area contributed by atoms with Crippen molar-refractivity contribution in [3.63, 3.8) is 0 Å². The number of aliphatic imine (C=N–C) groups is 1. The predicted molar refractivity (Wildman–Crippen MR) is 147 cm³/mol. The van der Waals surface area contributed by atoms with Crippen LogP contribution < -0.4 is 32.6 Å². The molecular formula is C22H35ClN8O5S. The van der Waals surface area contributed by atoms with E-state index in [-0.39, 0.29) is 48.5 Å². The van der Waals surface area contributed by atoms with Crippen molar-refractivity contribution in [2.45, 2.75) is 31.5 Å².